The van der Waals surface area contributed by atoms with E-state index < -0.39 is 0 Å². The van der Waals surface area contributed by atoms with E-state index >= 15 is 0 Å². The van der Waals surface area contributed by atoms with E-state index in [9.17, 15) is 4.79 Å². The second-order valence-corrected chi connectivity index (χ2v) is 8.32. The lowest BCUT2D eigenvalue weighted by atomic mass is 10.1. The Balaban J connectivity index is 1.44. The van der Waals surface area contributed by atoms with Crippen LogP contribution < -0.4 is 10.6 Å². The van der Waals surface area contributed by atoms with Gasteiger partial charge in [0.1, 0.15) is 9.48 Å². The van der Waals surface area contributed by atoms with Gasteiger partial charge in [-0.2, -0.15) is 0 Å². The van der Waals surface area contributed by atoms with Crippen LogP contribution in [-0.4, -0.2) is 10.9 Å². The summed E-state index contributed by atoms with van der Waals surface area (Å²) in [6, 6.07) is 21.6. The van der Waals surface area contributed by atoms with Crippen molar-refractivity contribution in [1.29, 1.82) is 0 Å². The van der Waals surface area contributed by atoms with Crippen LogP contribution in [-0.2, 0) is 6.54 Å². The van der Waals surface area contributed by atoms with E-state index in [1.807, 2.05) is 30.3 Å². The van der Waals surface area contributed by atoms with Gasteiger partial charge >= 0.3 is 0 Å². The number of hydrogen-bond acceptors (Lipinski definition) is 4. The predicted molar refractivity (Wildman–Crippen MR) is 120 cm³/mol. The first kappa shape index (κ1) is 18.9. The van der Waals surface area contributed by atoms with Gasteiger partial charge in [-0.3, -0.25) is 4.79 Å². The zero-order valence-electron chi connectivity index (χ0n) is 14.6. The molecule has 0 unspecified atom stereocenters. The van der Waals surface area contributed by atoms with E-state index in [-0.39, 0.29) is 5.91 Å². The summed E-state index contributed by atoms with van der Waals surface area (Å²) in [5, 5.41) is 9.77. The molecule has 3 aromatic carbocycles. The number of halogens is 2. The van der Waals surface area contributed by atoms with Crippen LogP contribution in [0.1, 0.15) is 15.2 Å². The van der Waals surface area contributed by atoms with Crippen LogP contribution >= 0.6 is 38.9 Å². The van der Waals surface area contributed by atoms with Gasteiger partial charge in [-0.15, -0.1) is 0 Å². The molecule has 0 fully saturated rings. The summed E-state index contributed by atoms with van der Waals surface area (Å²) >= 11 is 10.6. The summed E-state index contributed by atoms with van der Waals surface area (Å²) in [5.74, 6) is -0.165. The van der Waals surface area contributed by atoms with Crippen LogP contribution in [0, 0.1) is 0 Å². The van der Waals surface area contributed by atoms with Gasteiger partial charge in [0, 0.05) is 17.3 Å². The molecular weight excluding hydrogens is 458 g/mol. The Kier molecular flexibility index (Phi) is 5.62. The molecule has 140 valence electrons. The topological polar surface area (TPSA) is 54.0 Å². The van der Waals surface area contributed by atoms with Crippen LogP contribution in [0.3, 0.4) is 0 Å². The van der Waals surface area contributed by atoms with Crippen LogP contribution in [0.2, 0.25) is 5.02 Å². The van der Waals surface area contributed by atoms with Gasteiger partial charge in [0.25, 0.3) is 5.91 Å². The van der Waals surface area contributed by atoms with Crippen LogP contribution in [0.25, 0.3) is 10.8 Å². The van der Waals surface area contributed by atoms with Gasteiger partial charge in [-0.1, -0.05) is 59.3 Å². The Hall–Kier alpha value is -2.41. The molecule has 0 atom stereocenters. The minimum atomic E-state index is -0.165. The molecule has 0 saturated carbocycles. The monoisotopic (exact) mass is 471 g/mol. The Bertz CT molecular complexity index is 1140. The van der Waals surface area contributed by atoms with Crippen molar-refractivity contribution in [3.63, 3.8) is 0 Å². The molecule has 0 spiro atoms. The Labute approximate surface area is 179 Å². The van der Waals surface area contributed by atoms with Gasteiger partial charge in [0.15, 0.2) is 5.13 Å². The molecule has 28 heavy (non-hydrogen) atoms. The highest BCUT2D eigenvalue weighted by molar-refractivity contribution is 9.10. The van der Waals surface area contributed by atoms with Crippen molar-refractivity contribution >= 4 is 66.4 Å². The largest absolute Gasteiger partial charge is 0.347 e. The average molecular weight is 473 g/mol. The molecule has 0 aliphatic carbocycles. The molecule has 4 aromatic rings. The van der Waals surface area contributed by atoms with Crippen LogP contribution in [0.15, 0.2) is 71.3 Å². The number of anilines is 2. The zero-order valence-corrected chi connectivity index (χ0v) is 17.7. The number of amides is 1. The molecule has 1 heterocycles. The summed E-state index contributed by atoms with van der Waals surface area (Å²) in [6.07, 6.45) is 0. The lowest BCUT2D eigenvalue weighted by Gasteiger charge is -2.06. The van der Waals surface area contributed by atoms with Crippen molar-refractivity contribution in [2.45, 2.75) is 6.54 Å². The second kappa shape index (κ2) is 8.31. The number of fused-ring (bicyclic) bond motifs is 1. The molecule has 7 heteroatoms. The number of aromatic nitrogens is 1. The third-order valence-corrected chi connectivity index (χ3v) is 6.21. The van der Waals surface area contributed by atoms with E-state index in [4.69, 9.17) is 11.6 Å². The summed E-state index contributed by atoms with van der Waals surface area (Å²) in [6.45, 7) is 0.452. The zero-order chi connectivity index (χ0) is 19.5. The number of hydrogen-bond donors (Lipinski definition) is 2. The molecule has 0 bridgehead atoms. The smallest absolute Gasteiger partial charge is 0.264 e. The number of rotatable bonds is 5. The SMILES string of the molecule is O=C(NCc1ccc2ccccc2c1)c1sc(Nc2ccc(Cl)cc2)nc1Br. The van der Waals surface area contributed by atoms with Crippen molar-refractivity contribution in [3.05, 3.63) is 86.8 Å². The highest BCUT2D eigenvalue weighted by Crippen LogP contribution is 2.30. The van der Waals surface area contributed by atoms with Crippen molar-refractivity contribution in [2.24, 2.45) is 0 Å². The number of nitrogens with zero attached hydrogens (tertiary/aromatic N) is 1. The molecule has 0 aliphatic rings. The number of thiazole rings is 1. The number of carbonyl (C=O) groups excluding carboxylic acids is 1. The summed E-state index contributed by atoms with van der Waals surface area (Å²) in [7, 11) is 0. The van der Waals surface area contributed by atoms with E-state index in [0.717, 1.165) is 16.6 Å². The summed E-state index contributed by atoms with van der Waals surface area (Å²) in [5.41, 5.74) is 1.90. The third kappa shape index (κ3) is 4.35. The maximum Gasteiger partial charge on any atom is 0.264 e. The van der Waals surface area contributed by atoms with Crippen molar-refractivity contribution in [1.82, 2.24) is 10.3 Å². The fraction of sp³-hybridized carbons (Fsp3) is 0.0476. The lowest BCUT2D eigenvalue weighted by Crippen LogP contribution is -2.22. The molecule has 0 saturated heterocycles. The van der Waals surface area contributed by atoms with Crippen molar-refractivity contribution < 1.29 is 4.79 Å². The molecule has 2 N–H and O–H groups in total. The fourth-order valence-electron chi connectivity index (χ4n) is 2.76. The maximum atomic E-state index is 12.6. The van der Waals surface area contributed by atoms with Gasteiger partial charge in [-0.25, -0.2) is 4.98 Å². The Morgan fingerprint density at radius 3 is 2.57 bits per heavy atom. The summed E-state index contributed by atoms with van der Waals surface area (Å²) in [4.78, 5) is 17.5. The predicted octanol–water partition coefficient (Wildman–Crippen LogP) is 6.39. The molecule has 4 nitrogen and oxygen atoms in total. The van der Waals surface area contributed by atoms with E-state index in [1.165, 1.54) is 16.7 Å². The average Bonchev–Trinajstić information content (AvgIpc) is 3.08. The highest BCUT2D eigenvalue weighted by Gasteiger charge is 2.16. The maximum absolute atomic E-state index is 12.6. The minimum Gasteiger partial charge on any atom is -0.347 e. The number of carbonyl (C=O) groups is 1. The van der Waals surface area contributed by atoms with Crippen molar-refractivity contribution in [3.8, 4) is 0 Å². The van der Waals surface area contributed by atoms with Crippen LogP contribution in [0.4, 0.5) is 10.8 Å². The molecule has 0 radical (unpaired) electrons. The molecule has 4 rings (SSSR count). The van der Waals surface area contributed by atoms with Gasteiger partial charge in [-0.05, 0) is 62.6 Å². The van der Waals surface area contributed by atoms with E-state index in [0.29, 0.717) is 26.2 Å². The van der Waals surface area contributed by atoms with Crippen LogP contribution in [0.5, 0.6) is 0 Å². The van der Waals surface area contributed by atoms with Crippen molar-refractivity contribution in [2.75, 3.05) is 5.32 Å². The standard InChI is InChI=1S/C21H15BrClN3OS/c22-19-18(28-21(26-19)25-17-9-7-16(23)8-10-17)20(27)24-12-13-5-6-14-3-1-2-4-15(14)11-13/h1-11H,12H2,(H,24,27)(H,25,26). The molecular formula is C21H15BrClN3OS. The summed E-state index contributed by atoms with van der Waals surface area (Å²) < 4.78 is 0.518. The van der Waals surface area contributed by atoms with Gasteiger partial charge in [0.05, 0.1) is 0 Å². The van der Waals surface area contributed by atoms with E-state index in [1.54, 1.807) is 12.1 Å². The number of benzene rings is 3. The van der Waals surface area contributed by atoms with Gasteiger partial charge in [0.2, 0.25) is 0 Å². The number of nitrogens with one attached hydrogen (secondary N) is 2. The lowest BCUT2D eigenvalue weighted by molar-refractivity contribution is 0.0954. The molecule has 1 aromatic heterocycles. The first-order valence-electron chi connectivity index (χ1n) is 8.53. The van der Waals surface area contributed by atoms with E-state index in [2.05, 4.69) is 55.8 Å². The Morgan fingerprint density at radius 1 is 1.04 bits per heavy atom. The third-order valence-electron chi connectivity index (χ3n) is 4.15. The fourth-order valence-corrected chi connectivity index (χ4v) is 4.40. The highest BCUT2D eigenvalue weighted by atomic mass is 79.9. The normalized spacial score (nSPS) is 10.8. The van der Waals surface area contributed by atoms with Gasteiger partial charge < -0.3 is 10.6 Å². The molecule has 1 amide bonds. The second-order valence-electron chi connectivity index (χ2n) is 6.14. The quantitative estimate of drug-likeness (QED) is 0.354. The first-order valence-corrected chi connectivity index (χ1v) is 10.5. The minimum absolute atomic E-state index is 0.165. The Morgan fingerprint density at radius 2 is 1.79 bits per heavy atom. The first-order chi connectivity index (χ1) is 13.6. The molecule has 0 aliphatic heterocycles.